The first-order valence-corrected chi connectivity index (χ1v) is 6.99. The first kappa shape index (κ1) is 11.3. The highest BCUT2D eigenvalue weighted by Crippen LogP contribution is 2.30. The van der Waals surface area contributed by atoms with E-state index in [1.807, 2.05) is 42.5 Å². The van der Waals surface area contributed by atoms with Crippen LogP contribution in [0.2, 0.25) is 0 Å². The third kappa shape index (κ3) is 1.80. The summed E-state index contributed by atoms with van der Waals surface area (Å²) < 4.78 is 1.06. The number of nitrogens with two attached hydrogens (primary N) is 1. The Morgan fingerprint density at radius 1 is 0.900 bits per heavy atom. The summed E-state index contributed by atoms with van der Waals surface area (Å²) in [6.07, 6.45) is 1.77. The fourth-order valence-electron chi connectivity index (χ4n) is 2.11. The van der Waals surface area contributed by atoms with Crippen LogP contribution in [0.25, 0.3) is 32.0 Å². The molecule has 20 heavy (non-hydrogen) atoms. The van der Waals surface area contributed by atoms with Gasteiger partial charge in [-0.15, -0.1) is 11.3 Å². The molecule has 96 valence electrons. The molecule has 0 aliphatic carbocycles. The lowest BCUT2D eigenvalue weighted by Crippen LogP contribution is -1.87. The maximum absolute atomic E-state index is 5.80. The summed E-state index contributed by atoms with van der Waals surface area (Å²) in [4.78, 5) is 13.6. The van der Waals surface area contributed by atoms with Crippen molar-refractivity contribution in [2.45, 2.75) is 0 Å². The molecule has 0 amide bonds. The van der Waals surface area contributed by atoms with Crippen LogP contribution < -0.4 is 5.73 Å². The molecule has 0 spiro atoms. The number of fused-ring (bicyclic) bond motifs is 2. The van der Waals surface area contributed by atoms with Gasteiger partial charge in [-0.25, -0.2) is 9.97 Å². The monoisotopic (exact) mass is 278 g/mol. The van der Waals surface area contributed by atoms with E-state index in [4.69, 9.17) is 5.73 Å². The van der Waals surface area contributed by atoms with Gasteiger partial charge in [0.15, 0.2) is 0 Å². The van der Waals surface area contributed by atoms with Crippen LogP contribution in [0.15, 0.2) is 48.7 Å². The lowest BCUT2D eigenvalue weighted by Gasteiger charge is -1.98. The highest BCUT2D eigenvalue weighted by atomic mass is 32.1. The fraction of sp³-hybridized carbons (Fsp3) is 0. The third-order valence-electron chi connectivity index (χ3n) is 3.08. The van der Waals surface area contributed by atoms with Crippen molar-refractivity contribution in [2.75, 3.05) is 5.73 Å². The second-order valence-electron chi connectivity index (χ2n) is 4.49. The van der Waals surface area contributed by atoms with E-state index in [1.54, 1.807) is 17.5 Å². The quantitative estimate of drug-likeness (QED) is 0.541. The van der Waals surface area contributed by atoms with Gasteiger partial charge in [0.2, 0.25) is 0 Å². The van der Waals surface area contributed by atoms with E-state index in [0.29, 0.717) is 0 Å². The molecule has 5 heteroatoms. The van der Waals surface area contributed by atoms with E-state index in [-0.39, 0.29) is 0 Å². The van der Waals surface area contributed by atoms with Gasteiger partial charge in [0.1, 0.15) is 10.7 Å². The molecule has 4 aromatic rings. The molecule has 0 bridgehead atoms. The topological polar surface area (TPSA) is 64.7 Å². The molecule has 0 aliphatic rings. The van der Waals surface area contributed by atoms with Crippen LogP contribution in [-0.4, -0.2) is 15.0 Å². The van der Waals surface area contributed by atoms with Crippen molar-refractivity contribution in [3.05, 3.63) is 48.7 Å². The molecule has 2 aromatic carbocycles. The molecule has 4 nitrogen and oxygen atoms in total. The Labute approximate surface area is 118 Å². The van der Waals surface area contributed by atoms with Gasteiger partial charge in [-0.3, -0.25) is 4.98 Å². The van der Waals surface area contributed by atoms with Crippen LogP contribution in [0.5, 0.6) is 0 Å². The molecule has 0 fully saturated rings. The van der Waals surface area contributed by atoms with E-state index in [9.17, 15) is 0 Å². The first-order valence-electron chi connectivity index (χ1n) is 6.18. The standard InChI is InChI=1S/C15H10N4S/c16-9-5-6-12-14(7-9)20-15(19-12)13-8-17-10-3-1-2-4-11(10)18-13/h1-8H,16H2. The molecular formula is C15H10N4S. The third-order valence-corrected chi connectivity index (χ3v) is 4.12. The number of hydrogen-bond donors (Lipinski definition) is 1. The van der Waals surface area contributed by atoms with Crippen molar-refractivity contribution in [3.63, 3.8) is 0 Å². The Kier molecular flexibility index (Phi) is 2.40. The minimum atomic E-state index is 0.747. The summed E-state index contributed by atoms with van der Waals surface area (Å²) in [5.74, 6) is 0. The molecule has 2 heterocycles. The van der Waals surface area contributed by atoms with Crippen molar-refractivity contribution in [1.82, 2.24) is 15.0 Å². The lowest BCUT2D eigenvalue weighted by molar-refractivity contribution is 1.28. The molecule has 4 rings (SSSR count). The molecular weight excluding hydrogens is 268 g/mol. The number of para-hydroxylation sites is 2. The van der Waals surface area contributed by atoms with Gasteiger partial charge in [-0.2, -0.15) is 0 Å². The van der Waals surface area contributed by atoms with Crippen LogP contribution in [0.1, 0.15) is 0 Å². The van der Waals surface area contributed by atoms with Gasteiger partial charge in [-0.1, -0.05) is 12.1 Å². The second kappa shape index (κ2) is 4.25. The highest BCUT2D eigenvalue weighted by molar-refractivity contribution is 7.21. The number of benzene rings is 2. The first-order chi connectivity index (χ1) is 9.79. The summed E-state index contributed by atoms with van der Waals surface area (Å²) in [7, 11) is 0. The van der Waals surface area contributed by atoms with E-state index >= 15 is 0 Å². The summed E-state index contributed by atoms with van der Waals surface area (Å²) in [6.45, 7) is 0. The molecule has 0 atom stereocenters. The maximum Gasteiger partial charge on any atom is 0.144 e. The van der Waals surface area contributed by atoms with Crippen molar-refractivity contribution < 1.29 is 0 Å². The minimum Gasteiger partial charge on any atom is -0.399 e. The SMILES string of the molecule is Nc1ccc2nc(-c3cnc4ccccc4n3)sc2c1. The van der Waals surface area contributed by atoms with Gasteiger partial charge < -0.3 is 5.73 Å². The smallest absolute Gasteiger partial charge is 0.144 e. The molecule has 0 unspecified atom stereocenters. The number of anilines is 1. The van der Waals surface area contributed by atoms with E-state index in [2.05, 4.69) is 15.0 Å². The van der Waals surface area contributed by atoms with Crippen molar-refractivity contribution >= 4 is 38.3 Å². The van der Waals surface area contributed by atoms with Crippen LogP contribution in [-0.2, 0) is 0 Å². The van der Waals surface area contributed by atoms with Gasteiger partial charge in [0.05, 0.1) is 27.4 Å². The largest absolute Gasteiger partial charge is 0.399 e. The predicted molar refractivity (Wildman–Crippen MR) is 82.6 cm³/mol. The number of rotatable bonds is 1. The predicted octanol–water partition coefficient (Wildman–Crippen LogP) is 3.49. The Morgan fingerprint density at radius 2 is 1.75 bits per heavy atom. The van der Waals surface area contributed by atoms with Crippen molar-refractivity contribution in [2.24, 2.45) is 0 Å². The molecule has 0 radical (unpaired) electrons. The summed E-state index contributed by atoms with van der Waals surface area (Å²) in [6, 6.07) is 13.5. The minimum absolute atomic E-state index is 0.747. The van der Waals surface area contributed by atoms with Crippen molar-refractivity contribution in [1.29, 1.82) is 0 Å². The zero-order valence-corrected chi connectivity index (χ0v) is 11.3. The summed E-state index contributed by atoms with van der Waals surface area (Å²) >= 11 is 1.58. The zero-order chi connectivity index (χ0) is 13.5. The molecule has 0 saturated carbocycles. The number of aromatic nitrogens is 3. The fourth-order valence-corrected chi connectivity index (χ4v) is 3.08. The second-order valence-corrected chi connectivity index (χ2v) is 5.52. The van der Waals surface area contributed by atoms with E-state index < -0.39 is 0 Å². The normalized spacial score (nSPS) is 11.2. The van der Waals surface area contributed by atoms with E-state index in [1.165, 1.54) is 0 Å². The average molecular weight is 278 g/mol. The average Bonchev–Trinajstić information content (AvgIpc) is 2.89. The number of thiazole rings is 1. The molecule has 2 N–H and O–H groups in total. The van der Waals surface area contributed by atoms with Crippen LogP contribution in [0.4, 0.5) is 5.69 Å². The molecule has 0 aliphatic heterocycles. The number of nitrogen functional groups attached to an aromatic ring is 1. The number of hydrogen-bond acceptors (Lipinski definition) is 5. The van der Waals surface area contributed by atoms with Crippen LogP contribution >= 0.6 is 11.3 Å². The number of nitrogens with zero attached hydrogens (tertiary/aromatic N) is 3. The highest BCUT2D eigenvalue weighted by Gasteiger charge is 2.09. The Bertz CT molecular complexity index is 929. The summed E-state index contributed by atoms with van der Waals surface area (Å²) in [5.41, 5.74) is 10.0. The van der Waals surface area contributed by atoms with Crippen LogP contribution in [0.3, 0.4) is 0 Å². The molecule has 2 aromatic heterocycles. The Morgan fingerprint density at radius 3 is 2.65 bits per heavy atom. The van der Waals surface area contributed by atoms with Crippen LogP contribution in [0, 0.1) is 0 Å². The lowest BCUT2D eigenvalue weighted by atomic mass is 10.3. The summed E-state index contributed by atoms with van der Waals surface area (Å²) in [5, 5.41) is 0.865. The van der Waals surface area contributed by atoms with Gasteiger partial charge >= 0.3 is 0 Å². The van der Waals surface area contributed by atoms with E-state index in [0.717, 1.165) is 37.6 Å². The Balaban J connectivity index is 1.91. The van der Waals surface area contributed by atoms with Gasteiger partial charge in [0.25, 0.3) is 0 Å². The van der Waals surface area contributed by atoms with Crippen molar-refractivity contribution in [3.8, 4) is 10.7 Å². The van der Waals surface area contributed by atoms with Gasteiger partial charge in [-0.05, 0) is 30.3 Å². The Hall–Kier alpha value is -2.53. The van der Waals surface area contributed by atoms with Gasteiger partial charge in [0, 0.05) is 5.69 Å². The maximum atomic E-state index is 5.80. The molecule has 0 saturated heterocycles. The zero-order valence-electron chi connectivity index (χ0n) is 10.4.